The smallest absolute Gasteiger partial charge is 0.223 e. The second kappa shape index (κ2) is 8.45. The van der Waals surface area contributed by atoms with Crippen molar-refractivity contribution in [1.82, 2.24) is 20.0 Å². The quantitative estimate of drug-likeness (QED) is 0.678. The van der Waals surface area contributed by atoms with E-state index in [2.05, 4.69) is 36.3 Å². The average molecular weight is 256 g/mol. The highest BCUT2D eigenvalue weighted by atomic mass is 16.2. The van der Waals surface area contributed by atoms with Crippen LogP contribution in [-0.2, 0) is 4.79 Å². The van der Waals surface area contributed by atoms with Gasteiger partial charge in [0.2, 0.25) is 5.91 Å². The predicted molar refractivity (Wildman–Crippen MR) is 74.7 cm³/mol. The number of piperazine rings is 1. The van der Waals surface area contributed by atoms with Gasteiger partial charge in [-0.1, -0.05) is 0 Å². The van der Waals surface area contributed by atoms with E-state index in [-0.39, 0.29) is 0 Å². The molecule has 0 radical (unpaired) electrons. The zero-order valence-corrected chi connectivity index (χ0v) is 12.1. The van der Waals surface area contributed by atoms with Gasteiger partial charge >= 0.3 is 0 Å². The number of amides is 1. The summed E-state index contributed by atoms with van der Waals surface area (Å²) in [6, 6.07) is 0. The molecule has 0 aliphatic carbocycles. The Morgan fingerprint density at radius 1 is 1.11 bits per heavy atom. The molecule has 1 aliphatic heterocycles. The molecule has 0 aromatic carbocycles. The molecule has 1 amide bonds. The van der Waals surface area contributed by atoms with Gasteiger partial charge < -0.3 is 20.0 Å². The van der Waals surface area contributed by atoms with Crippen molar-refractivity contribution in [1.29, 1.82) is 0 Å². The number of rotatable bonds is 7. The lowest BCUT2D eigenvalue weighted by Crippen LogP contribution is -2.47. The van der Waals surface area contributed by atoms with Gasteiger partial charge in [-0.05, 0) is 40.7 Å². The minimum atomic E-state index is 0.302. The maximum absolute atomic E-state index is 11.9. The topological polar surface area (TPSA) is 38.8 Å². The number of carbonyl (C=O) groups is 1. The molecule has 106 valence electrons. The van der Waals surface area contributed by atoms with Crippen LogP contribution in [0, 0.1) is 0 Å². The van der Waals surface area contributed by atoms with Crippen LogP contribution in [0.2, 0.25) is 0 Å². The van der Waals surface area contributed by atoms with E-state index < -0.39 is 0 Å². The Hall–Kier alpha value is -0.650. The van der Waals surface area contributed by atoms with Gasteiger partial charge in [0.25, 0.3) is 0 Å². The zero-order chi connectivity index (χ0) is 13.4. The summed E-state index contributed by atoms with van der Waals surface area (Å²) in [6.07, 6.45) is 1.81. The summed E-state index contributed by atoms with van der Waals surface area (Å²) in [6.45, 7) is 6.64. The largest absolute Gasteiger partial charge is 0.340 e. The SMILES string of the molecule is CN(C)CCCN(C)CCC(=O)N1CCNCC1. The second-order valence-electron chi connectivity index (χ2n) is 5.34. The summed E-state index contributed by atoms with van der Waals surface area (Å²) in [7, 11) is 6.28. The number of hydrogen-bond donors (Lipinski definition) is 1. The maximum Gasteiger partial charge on any atom is 0.223 e. The Kier molecular flexibility index (Phi) is 7.23. The molecule has 18 heavy (non-hydrogen) atoms. The van der Waals surface area contributed by atoms with Crippen molar-refractivity contribution in [2.45, 2.75) is 12.8 Å². The van der Waals surface area contributed by atoms with E-state index in [1.165, 1.54) is 0 Å². The lowest BCUT2D eigenvalue weighted by atomic mass is 10.3. The third-order valence-corrected chi connectivity index (χ3v) is 3.32. The van der Waals surface area contributed by atoms with Crippen molar-refractivity contribution in [3.05, 3.63) is 0 Å². The third kappa shape index (κ3) is 6.33. The van der Waals surface area contributed by atoms with E-state index in [0.717, 1.165) is 52.2 Å². The van der Waals surface area contributed by atoms with Crippen LogP contribution < -0.4 is 5.32 Å². The predicted octanol–water partition coefficient (Wildman–Crippen LogP) is -0.308. The average Bonchev–Trinajstić information content (AvgIpc) is 2.36. The van der Waals surface area contributed by atoms with Gasteiger partial charge in [-0.15, -0.1) is 0 Å². The highest BCUT2D eigenvalue weighted by molar-refractivity contribution is 5.76. The van der Waals surface area contributed by atoms with Crippen LogP contribution in [0.15, 0.2) is 0 Å². The molecule has 0 bridgehead atoms. The number of hydrogen-bond acceptors (Lipinski definition) is 4. The molecule has 5 heteroatoms. The van der Waals surface area contributed by atoms with Crippen LogP contribution in [0.4, 0.5) is 0 Å². The summed E-state index contributed by atoms with van der Waals surface area (Å²) >= 11 is 0. The highest BCUT2D eigenvalue weighted by Crippen LogP contribution is 1.99. The molecule has 0 spiro atoms. The molecule has 0 saturated carbocycles. The van der Waals surface area contributed by atoms with Crippen LogP contribution in [0.5, 0.6) is 0 Å². The molecule has 0 unspecified atom stereocenters. The molecule has 1 N–H and O–H groups in total. The fraction of sp³-hybridized carbons (Fsp3) is 0.923. The molecule has 1 saturated heterocycles. The lowest BCUT2D eigenvalue weighted by Gasteiger charge is -2.28. The van der Waals surface area contributed by atoms with E-state index in [4.69, 9.17) is 0 Å². The fourth-order valence-corrected chi connectivity index (χ4v) is 2.13. The summed E-state index contributed by atoms with van der Waals surface area (Å²) in [5, 5.41) is 3.26. The number of carbonyl (C=O) groups excluding carboxylic acids is 1. The van der Waals surface area contributed by atoms with E-state index in [1.807, 2.05) is 4.90 Å². The van der Waals surface area contributed by atoms with Gasteiger partial charge in [-0.2, -0.15) is 0 Å². The molecule has 0 atom stereocenters. The summed E-state index contributed by atoms with van der Waals surface area (Å²) in [4.78, 5) is 18.4. The summed E-state index contributed by atoms with van der Waals surface area (Å²) in [5.41, 5.74) is 0. The molecule has 1 fully saturated rings. The standard InChI is InChI=1S/C13H28N4O/c1-15(2)8-4-9-16(3)10-5-13(18)17-11-6-14-7-12-17/h14H,4-12H2,1-3H3. The van der Waals surface area contributed by atoms with Crippen LogP contribution in [-0.4, -0.2) is 87.6 Å². The molecule has 0 aromatic heterocycles. The van der Waals surface area contributed by atoms with Crippen molar-refractivity contribution in [3.8, 4) is 0 Å². The van der Waals surface area contributed by atoms with E-state index in [1.54, 1.807) is 0 Å². The first-order chi connectivity index (χ1) is 8.59. The zero-order valence-electron chi connectivity index (χ0n) is 12.1. The van der Waals surface area contributed by atoms with Gasteiger partial charge in [-0.3, -0.25) is 4.79 Å². The molecule has 1 aliphatic rings. The van der Waals surface area contributed by atoms with Crippen molar-refractivity contribution in [2.75, 3.05) is 67.0 Å². The van der Waals surface area contributed by atoms with Gasteiger partial charge in [0.15, 0.2) is 0 Å². The van der Waals surface area contributed by atoms with Gasteiger partial charge in [0.05, 0.1) is 0 Å². The molecule has 1 rings (SSSR count). The number of nitrogens with one attached hydrogen (secondary N) is 1. The first kappa shape index (κ1) is 15.4. The molecule has 1 heterocycles. The Morgan fingerprint density at radius 3 is 2.39 bits per heavy atom. The lowest BCUT2D eigenvalue weighted by molar-refractivity contribution is -0.132. The third-order valence-electron chi connectivity index (χ3n) is 3.32. The normalized spacial score (nSPS) is 16.6. The van der Waals surface area contributed by atoms with Crippen LogP contribution >= 0.6 is 0 Å². The van der Waals surface area contributed by atoms with Crippen LogP contribution in [0.25, 0.3) is 0 Å². The van der Waals surface area contributed by atoms with Gasteiger partial charge in [-0.25, -0.2) is 0 Å². The Balaban J connectivity index is 2.09. The van der Waals surface area contributed by atoms with Crippen LogP contribution in [0.1, 0.15) is 12.8 Å². The second-order valence-corrected chi connectivity index (χ2v) is 5.34. The highest BCUT2D eigenvalue weighted by Gasteiger charge is 2.15. The summed E-state index contributed by atoms with van der Waals surface area (Å²) < 4.78 is 0. The minimum absolute atomic E-state index is 0.302. The molecular weight excluding hydrogens is 228 g/mol. The Morgan fingerprint density at radius 2 is 1.78 bits per heavy atom. The van der Waals surface area contributed by atoms with Gasteiger partial charge in [0, 0.05) is 39.1 Å². The first-order valence-corrected chi connectivity index (χ1v) is 6.91. The van der Waals surface area contributed by atoms with E-state index in [9.17, 15) is 4.79 Å². The number of nitrogens with zero attached hydrogens (tertiary/aromatic N) is 3. The van der Waals surface area contributed by atoms with E-state index >= 15 is 0 Å². The molecule has 5 nitrogen and oxygen atoms in total. The molecular formula is C13H28N4O. The van der Waals surface area contributed by atoms with Gasteiger partial charge in [0.1, 0.15) is 0 Å². The van der Waals surface area contributed by atoms with E-state index in [0.29, 0.717) is 12.3 Å². The molecule has 0 aromatic rings. The Bertz CT molecular complexity index is 239. The van der Waals surface area contributed by atoms with Crippen molar-refractivity contribution in [2.24, 2.45) is 0 Å². The maximum atomic E-state index is 11.9. The first-order valence-electron chi connectivity index (χ1n) is 6.91. The van der Waals surface area contributed by atoms with Crippen molar-refractivity contribution >= 4 is 5.91 Å². The van der Waals surface area contributed by atoms with Crippen molar-refractivity contribution in [3.63, 3.8) is 0 Å². The summed E-state index contributed by atoms with van der Waals surface area (Å²) in [5.74, 6) is 0.302. The Labute approximate surface area is 111 Å². The minimum Gasteiger partial charge on any atom is -0.340 e. The fourth-order valence-electron chi connectivity index (χ4n) is 2.13. The van der Waals surface area contributed by atoms with Crippen LogP contribution in [0.3, 0.4) is 0 Å². The van der Waals surface area contributed by atoms with Crippen molar-refractivity contribution < 1.29 is 4.79 Å². The monoisotopic (exact) mass is 256 g/mol.